The molecule has 100 valence electrons. The molecule has 5 nitrogen and oxygen atoms in total. The Balaban J connectivity index is 2.24. The second-order valence-electron chi connectivity index (χ2n) is 3.99. The van der Waals surface area contributed by atoms with Gasteiger partial charge < -0.3 is 9.84 Å². The number of phenols is 1. The number of benzene rings is 1. The van der Waals surface area contributed by atoms with E-state index >= 15 is 0 Å². The van der Waals surface area contributed by atoms with Crippen LogP contribution in [0, 0.1) is 5.92 Å². The van der Waals surface area contributed by atoms with E-state index in [0.717, 1.165) is 0 Å². The van der Waals surface area contributed by atoms with Gasteiger partial charge in [-0.05, 0) is 25.1 Å². The lowest BCUT2D eigenvalue weighted by Gasteiger charge is -2.21. The summed E-state index contributed by atoms with van der Waals surface area (Å²) >= 11 is 1.27. The van der Waals surface area contributed by atoms with E-state index < -0.39 is 23.5 Å². The molecule has 1 aliphatic rings. The van der Waals surface area contributed by atoms with E-state index in [4.69, 9.17) is 0 Å². The molecule has 0 bridgehead atoms. The number of ketones is 2. The molecular formula is C13H12O5S. The van der Waals surface area contributed by atoms with Crippen molar-refractivity contribution in [2.45, 2.75) is 11.8 Å². The summed E-state index contributed by atoms with van der Waals surface area (Å²) in [4.78, 5) is 36.0. The lowest BCUT2D eigenvalue weighted by atomic mass is 9.94. The largest absolute Gasteiger partial charge is 0.508 e. The molecule has 1 heterocycles. The summed E-state index contributed by atoms with van der Waals surface area (Å²) in [6.45, 7) is 1.70. The topological polar surface area (TPSA) is 80.7 Å². The Morgan fingerprint density at radius 3 is 2.89 bits per heavy atom. The molecule has 0 saturated carbocycles. The number of hydrogen-bond acceptors (Lipinski definition) is 6. The highest BCUT2D eigenvalue weighted by molar-refractivity contribution is 7.99. The minimum absolute atomic E-state index is 0.0641. The molecule has 6 heteroatoms. The van der Waals surface area contributed by atoms with Crippen molar-refractivity contribution in [3.05, 3.63) is 23.8 Å². The number of aromatic hydroxyl groups is 1. The second kappa shape index (κ2) is 5.44. The van der Waals surface area contributed by atoms with E-state index in [-0.39, 0.29) is 18.1 Å². The Labute approximate surface area is 113 Å². The number of carbonyl (C=O) groups excluding carboxylic acids is 3. The van der Waals surface area contributed by atoms with Crippen molar-refractivity contribution in [2.24, 2.45) is 5.92 Å². The number of thioether (sulfide) groups is 1. The van der Waals surface area contributed by atoms with Gasteiger partial charge in [0.15, 0.2) is 5.78 Å². The van der Waals surface area contributed by atoms with Crippen LogP contribution in [0.2, 0.25) is 0 Å². The van der Waals surface area contributed by atoms with Crippen molar-refractivity contribution in [2.75, 3.05) is 12.4 Å². The molecule has 1 atom stereocenters. The predicted octanol–water partition coefficient (Wildman–Crippen LogP) is 1.43. The van der Waals surface area contributed by atoms with Gasteiger partial charge in [-0.1, -0.05) is 0 Å². The molecule has 1 N–H and O–H groups in total. The van der Waals surface area contributed by atoms with Crippen LogP contribution in [0.25, 0.3) is 0 Å². The van der Waals surface area contributed by atoms with Gasteiger partial charge in [-0.2, -0.15) is 0 Å². The summed E-state index contributed by atoms with van der Waals surface area (Å²) in [5, 5.41) is 9.34. The summed E-state index contributed by atoms with van der Waals surface area (Å²) in [6.07, 6.45) is 0. The number of hydrogen-bond donors (Lipinski definition) is 1. The van der Waals surface area contributed by atoms with Crippen LogP contribution in [0.1, 0.15) is 17.3 Å². The molecule has 19 heavy (non-hydrogen) atoms. The van der Waals surface area contributed by atoms with Gasteiger partial charge in [-0.15, -0.1) is 11.8 Å². The molecule has 0 aromatic heterocycles. The lowest BCUT2D eigenvalue weighted by molar-refractivity contribution is -0.154. The fourth-order valence-electron chi connectivity index (χ4n) is 1.81. The lowest BCUT2D eigenvalue weighted by Crippen LogP contribution is -2.35. The highest BCUT2D eigenvalue weighted by Gasteiger charge is 2.37. The van der Waals surface area contributed by atoms with Gasteiger partial charge in [-0.3, -0.25) is 9.59 Å². The van der Waals surface area contributed by atoms with E-state index in [1.54, 1.807) is 6.92 Å². The Morgan fingerprint density at radius 1 is 1.47 bits per heavy atom. The minimum Gasteiger partial charge on any atom is -0.508 e. The van der Waals surface area contributed by atoms with E-state index in [9.17, 15) is 19.5 Å². The third-order valence-electron chi connectivity index (χ3n) is 2.75. The van der Waals surface area contributed by atoms with Crippen molar-refractivity contribution < 1.29 is 24.2 Å². The standard InChI is InChI=1S/C13H12O5S/c1-2-18-13(17)12(16)9-6-19-10-5-7(14)3-4-8(10)11(9)15/h3-5,9,14H,2,6H2,1H3. The smallest absolute Gasteiger partial charge is 0.375 e. The quantitative estimate of drug-likeness (QED) is 0.512. The van der Waals surface area contributed by atoms with E-state index in [1.807, 2.05) is 0 Å². The van der Waals surface area contributed by atoms with Crippen LogP contribution in [0.15, 0.2) is 23.1 Å². The summed E-state index contributed by atoms with van der Waals surface area (Å²) < 4.78 is 4.62. The molecule has 1 aromatic carbocycles. The normalized spacial score (nSPS) is 17.7. The monoisotopic (exact) mass is 280 g/mol. The number of fused-ring (bicyclic) bond motifs is 1. The molecular weight excluding hydrogens is 268 g/mol. The van der Waals surface area contributed by atoms with E-state index in [2.05, 4.69) is 4.74 Å². The van der Waals surface area contributed by atoms with Crippen LogP contribution in [0.4, 0.5) is 0 Å². The van der Waals surface area contributed by atoms with Crippen LogP contribution in [-0.4, -0.2) is 35.0 Å². The number of rotatable bonds is 3. The minimum atomic E-state index is -0.999. The van der Waals surface area contributed by atoms with E-state index in [1.165, 1.54) is 30.0 Å². The van der Waals surface area contributed by atoms with Crippen LogP contribution in [0.5, 0.6) is 5.75 Å². The number of phenolic OH excluding ortho intramolecular Hbond substituents is 1. The first-order valence-corrected chi connectivity index (χ1v) is 6.74. The summed E-state index contributed by atoms with van der Waals surface area (Å²) in [6, 6.07) is 4.32. The van der Waals surface area contributed by atoms with Gasteiger partial charge in [-0.25, -0.2) is 4.79 Å². The summed E-state index contributed by atoms with van der Waals surface area (Å²) in [5.41, 5.74) is 0.358. The average molecular weight is 280 g/mol. The zero-order valence-electron chi connectivity index (χ0n) is 10.2. The molecule has 2 rings (SSSR count). The molecule has 1 unspecified atom stereocenters. The Morgan fingerprint density at radius 2 is 2.21 bits per heavy atom. The molecule has 0 saturated heterocycles. The highest BCUT2D eigenvalue weighted by Crippen LogP contribution is 2.35. The van der Waals surface area contributed by atoms with Gasteiger partial charge in [0.2, 0.25) is 0 Å². The van der Waals surface area contributed by atoms with Crippen molar-refractivity contribution >= 4 is 29.3 Å². The Hall–Kier alpha value is -1.82. The summed E-state index contributed by atoms with van der Waals surface area (Å²) in [7, 11) is 0. The van der Waals surface area contributed by atoms with Gasteiger partial charge in [0.25, 0.3) is 5.78 Å². The fourth-order valence-corrected chi connectivity index (χ4v) is 2.99. The zero-order valence-corrected chi connectivity index (χ0v) is 11.0. The first kappa shape index (κ1) is 13.6. The molecule has 0 aliphatic carbocycles. The van der Waals surface area contributed by atoms with Crippen molar-refractivity contribution in [3.8, 4) is 5.75 Å². The van der Waals surface area contributed by atoms with Crippen molar-refractivity contribution in [1.29, 1.82) is 0 Å². The third kappa shape index (κ3) is 2.63. The molecule has 1 aromatic rings. The number of esters is 1. The molecule has 1 aliphatic heterocycles. The van der Waals surface area contributed by atoms with Gasteiger partial charge in [0, 0.05) is 16.2 Å². The third-order valence-corrected chi connectivity index (χ3v) is 3.89. The maximum Gasteiger partial charge on any atom is 0.375 e. The number of Topliss-reactive ketones (excluding diaryl/α,β-unsaturated/α-hetero) is 2. The van der Waals surface area contributed by atoms with Crippen LogP contribution in [0.3, 0.4) is 0 Å². The van der Waals surface area contributed by atoms with Crippen LogP contribution in [-0.2, 0) is 14.3 Å². The van der Waals surface area contributed by atoms with Crippen molar-refractivity contribution in [3.63, 3.8) is 0 Å². The average Bonchev–Trinajstić information content (AvgIpc) is 2.38. The van der Waals surface area contributed by atoms with Gasteiger partial charge in [0.05, 0.1) is 6.61 Å². The predicted molar refractivity (Wildman–Crippen MR) is 68.3 cm³/mol. The Kier molecular flexibility index (Phi) is 3.90. The van der Waals surface area contributed by atoms with E-state index in [0.29, 0.717) is 10.5 Å². The first-order chi connectivity index (χ1) is 9.04. The Bertz CT molecular complexity index is 552. The van der Waals surface area contributed by atoms with Gasteiger partial charge >= 0.3 is 5.97 Å². The first-order valence-electron chi connectivity index (χ1n) is 5.75. The second-order valence-corrected chi connectivity index (χ2v) is 5.05. The molecule has 0 amide bonds. The number of carbonyl (C=O) groups is 3. The maximum absolute atomic E-state index is 12.2. The summed E-state index contributed by atoms with van der Waals surface area (Å²) in [5.74, 6) is -2.92. The van der Waals surface area contributed by atoms with Crippen molar-refractivity contribution in [1.82, 2.24) is 0 Å². The number of ether oxygens (including phenoxy) is 1. The highest BCUT2D eigenvalue weighted by atomic mass is 32.2. The molecule has 0 fully saturated rings. The zero-order chi connectivity index (χ0) is 14.0. The maximum atomic E-state index is 12.2. The fraction of sp³-hybridized carbons (Fsp3) is 0.308. The van der Waals surface area contributed by atoms with Crippen LogP contribution < -0.4 is 0 Å². The van der Waals surface area contributed by atoms with Gasteiger partial charge in [0.1, 0.15) is 11.7 Å². The molecule has 0 spiro atoms. The van der Waals surface area contributed by atoms with Crippen LogP contribution >= 0.6 is 11.8 Å². The SMILES string of the molecule is CCOC(=O)C(=O)C1CSc2cc(O)ccc2C1=O. The molecule has 0 radical (unpaired) electrons.